The van der Waals surface area contributed by atoms with Crippen molar-refractivity contribution in [3.63, 3.8) is 0 Å². The molecule has 15 heavy (non-hydrogen) atoms. The quantitative estimate of drug-likeness (QED) is 0.733. The van der Waals surface area contributed by atoms with Gasteiger partial charge in [-0.2, -0.15) is 0 Å². The highest BCUT2D eigenvalue weighted by Crippen LogP contribution is 2.62. The van der Waals surface area contributed by atoms with Crippen LogP contribution in [-0.2, 0) is 0 Å². The Labute approximate surface area is 99.6 Å². The Morgan fingerprint density at radius 2 is 1.27 bits per heavy atom. The van der Waals surface area contributed by atoms with Crippen molar-refractivity contribution >= 4 is 12.4 Å². The molecule has 0 unspecified atom stereocenters. The molecule has 0 atom stereocenters. The maximum atomic E-state index is 6.43. The summed E-state index contributed by atoms with van der Waals surface area (Å²) in [6.07, 6.45) is 8.87. The summed E-state index contributed by atoms with van der Waals surface area (Å²) in [5.41, 5.74) is 7.01. The maximum absolute atomic E-state index is 6.43. The molecular weight excluding hydrogens is 206 g/mol. The van der Waals surface area contributed by atoms with E-state index in [0.717, 1.165) is 17.8 Å². The van der Waals surface area contributed by atoms with Crippen LogP contribution in [0.25, 0.3) is 0 Å². The fourth-order valence-electron chi connectivity index (χ4n) is 4.90. The second-order valence-corrected chi connectivity index (χ2v) is 6.92. The average Bonchev–Trinajstić information content (AvgIpc) is 1.98. The van der Waals surface area contributed by atoms with E-state index in [2.05, 4.69) is 13.8 Å². The van der Waals surface area contributed by atoms with Crippen LogP contribution < -0.4 is 5.73 Å². The van der Waals surface area contributed by atoms with Gasteiger partial charge in [0.25, 0.3) is 0 Å². The molecule has 4 fully saturated rings. The van der Waals surface area contributed by atoms with E-state index in [4.69, 9.17) is 5.73 Å². The van der Waals surface area contributed by atoms with Gasteiger partial charge in [0.2, 0.25) is 0 Å². The Morgan fingerprint density at radius 1 is 0.933 bits per heavy atom. The lowest BCUT2D eigenvalue weighted by atomic mass is 9.45. The molecule has 0 aliphatic heterocycles. The second-order valence-electron chi connectivity index (χ2n) is 6.92. The summed E-state index contributed by atoms with van der Waals surface area (Å²) in [6, 6.07) is 0. The van der Waals surface area contributed by atoms with E-state index in [1.54, 1.807) is 0 Å². The van der Waals surface area contributed by atoms with Crippen LogP contribution in [0.3, 0.4) is 0 Å². The third-order valence-electron chi connectivity index (χ3n) is 5.41. The molecule has 4 saturated carbocycles. The van der Waals surface area contributed by atoms with E-state index < -0.39 is 0 Å². The van der Waals surface area contributed by atoms with E-state index >= 15 is 0 Å². The zero-order valence-corrected chi connectivity index (χ0v) is 10.8. The van der Waals surface area contributed by atoms with Crippen LogP contribution in [0.4, 0.5) is 0 Å². The molecule has 2 heteroatoms. The Bertz CT molecular complexity index is 218. The van der Waals surface area contributed by atoms with Gasteiger partial charge in [0.15, 0.2) is 0 Å². The van der Waals surface area contributed by atoms with Crippen LogP contribution in [0.5, 0.6) is 0 Å². The molecule has 4 bridgehead atoms. The first-order valence-electron chi connectivity index (χ1n) is 6.27. The SMILES string of the molecule is CC(C)(N)C12CC3CC(CC(C3)C1)C2.Cl. The lowest BCUT2D eigenvalue weighted by Gasteiger charge is -2.61. The molecule has 0 aromatic rings. The van der Waals surface area contributed by atoms with Gasteiger partial charge in [-0.25, -0.2) is 0 Å². The van der Waals surface area contributed by atoms with Crippen molar-refractivity contribution in [2.24, 2.45) is 28.9 Å². The molecule has 4 rings (SSSR count). The summed E-state index contributed by atoms with van der Waals surface area (Å²) < 4.78 is 0. The van der Waals surface area contributed by atoms with E-state index in [9.17, 15) is 0 Å². The molecule has 4 aliphatic rings. The lowest BCUT2D eigenvalue weighted by molar-refractivity contribution is -0.0884. The predicted molar refractivity (Wildman–Crippen MR) is 66.1 cm³/mol. The molecule has 2 N–H and O–H groups in total. The number of nitrogens with two attached hydrogens (primary N) is 1. The summed E-state index contributed by atoms with van der Waals surface area (Å²) in [7, 11) is 0. The van der Waals surface area contributed by atoms with Crippen LogP contribution in [0.2, 0.25) is 0 Å². The topological polar surface area (TPSA) is 26.0 Å². The Morgan fingerprint density at radius 3 is 1.53 bits per heavy atom. The summed E-state index contributed by atoms with van der Waals surface area (Å²) >= 11 is 0. The molecule has 0 saturated heterocycles. The van der Waals surface area contributed by atoms with E-state index in [-0.39, 0.29) is 17.9 Å². The maximum Gasteiger partial charge on any atom is 0.0154 e. The lowest BCUT2D eigenvalue weighted by Crippen LogP contribution is -2.59. The number of hydrogen-bond acceptors (Lipinski definition) is 1. The molecule has 0 aromatic carbocycles. The minimum atomic E-state index is 0. The number of halogens is 1. The second kappa shape index (κ2) is 3.37. The van der Waals surface area contributed by atoms with Crippen LogP contribution in [0.1, 0.15) is 52.4 Å². The molecule has 0 aromatic heterocycles. The van der Waals surface area contributed by atoms with Crippen molar-refractivity contribution in [2.75, 3.05) is 0 Å². The minimum absolute atomic E-state index is 0. The van der Waals surface area contributed by atoms with Gasteiger partial charge >= 0.3 is 0 Å². The van der Waals surface area contributed by atoms with Crippen molar-refractivity contribution in [1.29, 1.82) is 0 Å². The van der Waals surface area contributed by atoms with Gasteiger partial charge in [-0.05, 0) is 75.5 Å². The molecule has 0 amide bonds. The van der Waals surface area contributed by atoms with Gasteiger partial charge in [-0.1, -0.05) is 0 Å². The van der Waals surface area contributed by atoms with Gasteiger partial charge in [-0.15, -0.1) is 12.4 Å². The Balaban J connectivity index is 0.000000853. The van der Waals surface area contributed by atoms with Crippen LogP contribution in [0, 0.1) is 23.2 Å². The zero-order chi connectivity index (χ0) is 9.97. The van der Waals surface area contributed by atoms with Gasteiger partial charge in [0, 0.05) is 5.54 Å². The smallest absolute Gasteiger partial charge is 0.0154 e. The monoisotopic (exact) mass is 229 g/mol. The van der Waals surface area contributed by atoms with Gasteiger partial charge in [0.05, 0.1) is 0 Å². The molecular formula is C13H24ClN. The number of hydrogen-bond donors (Lipinski definition) is 1. The Kier molecular flexibility index (Phi) is 2.63. The minimum Gasteiger partial charge on any atom is -0.325 e. The fraction of sp³-hybridized carbons (Fsp3) is 1.00. The Hall–Kier alpha value is 0.250. The summed E-state index contributed by atoms with van der Waals surface area (Å²) in [5.74, 6) is 3.09. The van der Waals surface area contributed by atoms with Crippen molar-refractivity contribution in [1.82, 2.24) is 0 Å². The highest BCUT2D eigenvalue weighted by Gasteiger charge is 2.55. The first-order chi connectivity index (χ1) is 6.48. The standard InChI is InChI=1S/C13H23N.ClH/c1-12(2,14)13-6-9-3-10(7-13)5-11(4-9)8-13;/h9-11H,3-8,14H2,1-2H3;1H. The van der Waals surface area contributed by atoms with Gasteiger partial charge in [0.1, 0.15) is 0 Å². The first kappa shape index (κ1) is 11.7. The van der Waals surface area contributed by atoms with Crippen LogP contribution in [0.15, 0.2) is 0 Å². The largest absolute Gasteiger partial charge is 0.325 e. The normalized spacial score (nSPS) is 47.8. The molecule has 4 aliphatic carbocycles. The molecule has 88 valence electrons. The molecule has 0 radical (unpaired) electrons. The fourth-order valence-corrected chi connectivity index (χ4v) is 4.90. The van der Waals surface area contributed by atoms with Crippen LogP contribution >= 0.6 is 12.4 Å². The van der Waals surface area contributed by atoms with Crippen molar-refractivity contribution < 1.29 is 0 Å². The predicted octanol–water partition coefficient (Wildman–Crippen LogP) is 3.36. The van der Waals surface area contributed by atoms with Gasteiger partial charge in [-0.3, -0.25) is 0 Å². The first-order valence-corrected chi connectivity index (χ1v) is 6.27. The van der Waals surface area contributed by atoms with Crippen molar-refractivity contribution in [3.05, 3.63) is 0 Å². The molecule has 0 spiro atoms. The third kappa shape index (κ3) is 1.63. The van der Waals surface area contributed by atoms with Crippen molar-refractivity contribution in [2.45, 2.75) is 57.9 Å². The summed E-state index contributed by atoms with van der Waals surface area (Å²) in [5, 5.41) is 0. The molecule has 0 heterocycles. The van der Waals surface area contributed by atoms with Crippen LogP contribution in [-0.4, -0.2) is 5.54 Å². The third-order valence-corrected chi connectivity index (χ3v) is 5.41. The van der Waals surface area contributed by atoms with Crippen molar-refractivity contribution in [3.8, 4) is 0 Å². The average molecular weight is 230 g/mol. The van der Waals surface area contributed by atoms with Gasteiger partial charge < -0.3 is 5.73 Å². The summed E-state index contributed by atoms with van der Waals surface area (Å²) in [6.45, 7) is 4.53. The van der Waals surface area contributed by atoms with E-state index in [0.29, 0.717) is 5.41 Å². The number of rotatable bonds is 1. The zero-order valence-electron chi connectivity index (χ0n) is 9.96. The molecule has 1 nitrogen and oxygen atoms in total. The van der Waals surface area contributed by atoms with E-state index in [1.807, 2.05) is 0 Å². The summed E-state index contributed by atoms with van der Waals surface area (Å²) in [4.78, 5) is 0. The van der Waals surface area contributed by atoms with E-state index in [1.165, 1.54) is 38.5 Å². The highest BCUT2D eigenvalue weighted by atomic mass is 35.5. The highest BCUT2D eigenvalue weighted by molar-refractivity contribution is 5.85.